The molecule has 11 aromatic rings. The van der Waals surface area contributed by atoms with Crippen LogP contribution >= 0.6 is 0 Å². The van der Waals surface area contributed by atoms with E-state index in [4.69, 9.17) is 15.3 Å². The predicted molar refractivity (Wildman–Crippen MR) is 284 cm³/mol. The van der Waals surface area contributed by atoms with Crippen LogP contribution in [0, 0.1) is 0 Å². The second-order valence-electron chi connectivity index (χ2n) is 17.3. The van der Waals surface area contributed by atoms with Crippen molar-refractivity contribution in [1.82, 2.24) is 4.57 Å². The number of amidine groups is 2. The zero-order valence-corrected chi connectivity index (χ0v) is 37.0. The molecule has 320 valence electrons. The zero-order valence-electron chi connectivity index (χ0n) is 37.0. The molecule has 5 heteroatoms. The van der Waals surface area contributed by atoms with Crippen molar-refractivity contribution in [3.05, 3.63) is 276 Å². The molecule has 0 amide bonds. The average molecular weight is 869 g/mol. The lowest BCUT2D eigenvalue weighted by molar-refractivity contribution is 0.802. The molecular formula is C63H42N5-. The lowest BCUT2D eigenvalue weighted by Crippen LogP contribution is -2.34. The van der Waals surface area contributed by atoms with Gasteiger partial charge in [0.1, 0.15) is 6.29 Å². The molecular weight excluding hydrogens is 827 g/mol. The van der Waals surface area contributed by atoms with Crippen LogP contribution in [-0.4, -0.2) is 22.5 Å². The fourth-order valence-electron chi connectivity index (χ4n) is 10.2. The molecule has 1 aromatic heterocycles. The molecule has 10 aromatic carbocycles. The molecule has 2 heterocycles. The summed E-state index contributed by atoms with van der Waals surface area (Å²) in [6, 6.07) is 86.3. The Morgan fingerprint density at radius 2 is 1.07 bits per heavy atom. The molecule has 0 radical (unpaired) electrons. The van der Waals surface area contributed by atoms with Crippen molar-refractivity contribution in [1.29, 1.82) is 0 Å². The van der Waals surface area contributed by atoms with E-state index in [9.17, 15) is 0 Å². The van der Waals surface area contributed by atoms with Crippen LogP contribution in [0.3, 0.4) is 0 Å². The zero-order chi connectivity index (χ0) is 45.0. The van der Waals surface area contributed by atoms with Crippen molar-refractivity contribution in [3.8, 4) is 27.9 Å². The van der Waals surface area contributed by atoms with Gasteiger partial charge in [0.15, 0.2) is 0 Å². The molecule has 0 saturated heterocycles. The molecule has 13 rings (SSSR count). The number of anilines is 2. The van der Waals surface area contributed by atoms with Gasteiger partial charge in [-0.15, -0.1) is 0 Å². The largest absolute Gasteiger partial charge is 0.424 e. The number of aliphatic imine (C=N–C) groups is 2. The minimum absolute atomic E-state index is 0.637. The molecule has 1 aliphatic heterocycles. The van der Waals surface area contributed by atoms with Gasteiger partial charge in [-0.2, -0.15) is 0 Å². The first-order chi connectivity index (χ1) is 33.7. The highest BCUT2D eigenvalue weighted by atomic mass is 15.4. The summed E-state index contributed by atoms with van der Waals surface area (Å²) in [4.78, 5) is 12.6. The van der Waals surface area contributed by atoms with Crippen LogP contribution in [0.4, 0.5) is 11.4 Å². The molecule has 1 unspecified atom stereocenters. The highest BCUT2D eigenvalue weighted by Crippen LogP contribution is 2.50. The van der Waals surface area contributed by atoms with Crippen molar-refractivity contribution in [2.24, 2.45) is 9.98 Å². The summed E-state index contributed by atoms with van der Waals surface area (Å²) in [6.07, 6.45) is 1.69. The Kier molecular flexibility index (Phi) is 9.50. The molecule has 1 atom stereocenters. The Hall–Kier alpha value is -9.06. The van der Waals surface area contributed by atoms with E-state index in [-0.39, 0.29) is 0 Å². The van der Waals surface area contributed by atoms with E-state index in [0.29, 0.717) is 11.7 Å². The number of fused-ring (bicyclic) bond motifs is 7. The van der Waals surface area contributed by atoms with E-state index < -0.39 is 6.29 Å². The van der Waals surface area contributed by atoms with Gasteiger partial charge in [0.25, 0.3) is 0 Å². The Balaban J connectivity index is 0.948. The molecule has 0 bridgehead atoms. The second-order valence-corrected chi connectivity index (χ2v) is 17.3. The van der Waals surface area contributed by atoms with Crippen molar-refractivity contribution in [3.63, 3.8) is 0 Å². The number of hydrogen-bond acceptors (Lipinski definition) is 3. The maximum Gasteiger partial charge on any atom is 0.135 e. The lowest BCUT2D eigenvalue weighted by Gasteiger charge is -2.40. The van der Waals surface area contributed by atoms with E-state index in [1.165, 1.54) is 60.7 Å². The average Bonchev–Trinajstić information content (AvgIpc) is 3.91. The first kappa shape index (κ1) is 39.3. The highest BCUT2D eigenvalue weighted by Gasteiger charge is 2.27. The summed E-state index contributed by atoms with van der Waals surface area (Å²) in [5.41, 5.74) is 17.1. The van der Waals surface area contributed by atoms with Gasteiger partial charge in [0.2, 0.25) is 0 Å². The van der Waals surface area contributed by atoms with Crippen LogP contribution in [0.15, 0.2) is 253 Å². The van der Waals surface area contributed by atoms with Gasteiger partial charge in [-0.3, -0.25) is 4.99 Å². The summed E-state index contributed by atoms with van der Waals surface area (Å²) in [5, 5.41) is 10.0. The van der Waals surface area contributed by atoms with Crippen molar-refractivity contribution >= 4 is 67.3 Å². The van der Waals surface area contributed by atoms with E-state index in [1.807, 2.05) is 36.4 Å². The Bertz CT molecular complexity index is 3810. The Morgan fingerprint density at radius 1 is 0.441 bits per heavy atom. The summed E-state index contributed by atoms with van der Waals surface area (Å²) < 4.78 is 2.41. The van der Waals surface area contributed by atoms with Gasteiger partial charge in [0.05, 0.1) is 16.9 Å². The molecule has 0 saturated carbocycles. The predicted octanol–water partition coefficient (Wildman–Crippen LogP) is 15.9. The first-order valence-electron chi connectivity index (χ1n) is 23.1. The van der Waals surface area contributed by atoms with Gasteiger partial charge in [-0.25, -0.2) is 0 Å². The fraction of sp³-hybridized carbons (Fsp3) is 0.0159. The molecule has 0 N–H and O–H groups in total. The number of hydrogen-bond donors (Lipinski definition) is 0. The van der Waals surface area contributed by atoms with Crippen LogP contribution in [0.25, 0.3) is 77.5 Å². The minimum Gasteiger partial charge on any atom is -0.424 e. The molecule has 0 fully saturated rings. The molecule has 0 spiro atoms. The third kappa shape index (κ3) is 6.79. The fourth-order valence-corrected chi connectivity index (χ4v) is 10.2. The van der Waals surface area contributed by atoms with Crippen LogP contribution < -0.4 is 4.90 Å². The SMILES string of the molecule is C(=C1\c2ccccc2-c2c1cccc2-c1ccc2c3ccccc3n(-c3ccc(N(c4ccc5ccccc5c4)C4N=C(c5ccccc5)N=C(c5ccccc5)[N-]4)cc3)c2c1)/c1ccccc1. The third-order valence-corrected chi connectivity index (χ3v) is 13.3. The summed E-state index contributed by atoms with van der Waals surface area (Å²) in [5.74, 6) is 1.29. The van der Waals surface area contributed by atoms with E-state index in [0.717, 1.165) is 44.6 Å². The third-order valence-electron chi connectivity index (χ3n) is 13.3. The first-order valence-corrected chi connectivity index (χ1v) is 23.1. The molecule has 68 heavy (non-hydrogen) atoms. The normalized spacial score (nSPS) is 14.6. The van der Waals surface area contributed by atoms with Crippen LogP contribution in [0.5, 0.6) is 0 Å². The van der Waals surface area contributed by atoms with E-state index in [2.05, 4.69) is 222 Å². The summed E-state index contributed by atoms with van der Waals surface area (Å²) in [7, 11) is 0. The summed E-state index contributed by atoms with van der Waals surface area (Å²) in [6.45, 7) is 0. The van der Waals surface area contributed by atoms with Gasteiger partial charge < -0.3 is 19.8 Å². The van der Waals surface area contributed by atoms with Crippen molar-refractivity contribution < 1.29 is 0 Å². The smallest absolute Gasteiger partial charge is 0.135 e. The second kappa shape index (κ2) is 16.4. The minimum atomic E-state index is -0.637. The Morgan fingerprint density at radius 3 is 1.88 bits per heavy atom. The highest BCUT2D eigenvalue weighted by molar-refractivity contribution is 6.19. The van der Waals surface area contributed by atoms with Gasteiger partial charge in [-0.1, -0.05) is 200 Å². The van der Waals surface area contributed by atoms with E-state index in [1.54, 1.807) is 0 Å². The maximum atomic E-state index is 5.30. The topological polar surface area (TPSA) is 47.0 Å². The maximum absolute atomic E-state index is 5.30. The quantitative estimate of drug-likeness (QED) is 0.150. The summed E-state index contributed by atoms with van der Waals surface area (Å²) >= 11 is 0. The molecule has 1 aliphatic carbocycles. The number of nitrogens with zero attached hydrogens (tertiary/aromatic N) is 5. The van der Waals surface area contributed by atoms with Gasteiger partial charge >= 0.3 is 0 Å². The monoisotopic (exact) mass is 868 g/mol. The van der Waals surface area contributed by atoms with E-state index >= 15 is 0 Å². The van der Waals surface area contributed by atoms with Gasteiger partial charge in [-0.05, 0) is 121 Å². The van der Waals surface area contributed by atoms with Crippen molar-refractivity contribution in [2.45, 2.75) is 6.29 Å². The number of aromatic nitrogens is 1. The number of rotatable bonds is 8. The van der Waals surface area contributed by atoms with Crippen LogP contribution in [0.2, 0.25) is 0 Å². The Labute approximate surface area is 395 Å². The number of benzene rings is 10. The molecule has 2 aliphatic rings. The lowest BCUT2D eigenvalue weighted by atomic mass is 9.93. The number of para-hydroxylation sites is 1. The van der Waals surface area contributed by atoms with Gasteiger partial charge in [0, 0.05) is 27.8 Å². The standard InChI is InChI=1S/C63H42N5/c1-4-17-42(18-5-1)39-57-52-25-12-13-27-55(52)60-51(28-16-29-56(57)60)47-32-38-54-53-26-14-15-30-58(53)68(59(54)41-47)49-36-34-48(35-37-49)67(50-33-31-43-19-10-11-24-46(43)40-50)63-65-61(44-20-6-2-7-21-44)64-62(66-63)45-22-8-3-9-23-45/h1-41,63H/q-1/b57-39-. The molecule has 5 nitrogen and oxygen atoms in total. The van der Waals surface area contributed by atoms with Crippen LogP contribution in [-0.2, 0) is 0 Å². The van der Waals surface area contributed by atoms with Crippen molar-refractivity contribution in [2.75, 3.05) is 4.90 Å². The van der Waals surface area contributed by atoms with Crippen LogP contribution in [0.1, 0.15) is 27.8 Å².